The number of anilines is 1. The topological polar surface area (TPSA) is 97.8 Å². The highest BCUT2D eigenvalue weighted by molar-refractivity contribution is 7.22. The fraction of sp³-hybridized carbons (Fsp3) is 0.412. The second-order valence-corrected chi connectivity index (χ2v) is 6.34. The molecule has 1 aromatic carbocycles. The van der Waals surface area contributed by atoms with Crippen LogP contribution in [0, 0.1) is 0 Å². The fourth-order valence-electron chi connectivity index (χ4n) is 2.24. The Morgan fingerprint density at radius 1 is 1.23 bits per heavy atom. The average molecular weight is 379 g/mol. The summed E-state index contributed by atoms with van der Waals surface area (Å²) in [6, 6.07) is 4.94. The largest absolute Gasteiger partial charge is 0.462 e. The maximum absolute atomic E-state index is 12.2. The van der Waals surface area contributed by atoms with Crippen molar-refractivity contribution in [2.75, 3.05) is 38.7 Å². The van der Waals surface area contributed by atoms with Crippen molar-refractivity contribution in [2.24, 2.45) is 0 Å². The molecule has 0 aliphatic rings. The second-order valence-electron chi connectivity index (χ2n) is 5.31. The predicted molar refractivity (Wildman–Crippen MR) is 98.3 cm³/mol. The van der Waals surface area contributed by atoms with Gasteiger partial charge in [-0.05, 0) is 31.3 Å². The zero-order valence-corrected chi connectivity index (χ0v) is 15.7. The summed E-state index contributed by atoms with van der Waals surface area (Å²) in [7, 11) is 1.12. The Bertz CT molecular complexity index is 801. The lowest BCUT2D eigenvalue weighted by molar-refractivity contribution is -0.150. The number of carbonyl (C=O) groups excluding carboxylic acids is 3. The van der Waals surface area contributed by atoms with E-state index in [2.05, 4.69) is 33.8 Å². The molecule has 9 heteroatoms. The van der Waals surface area contributed by atoms with Gasteiger partial charge in [0.15, 0.2) is 5.13 Å². The number of rotatable bonds is 7. The number of nitrogens with zero attached hydrogens (tertiary/aromatic N) is 2. The maximum atomic E-state index is 12.2. The summed E-state index contributed by atoms with van der Waals surface area (Å²) < 4.78 is 10.3. The number of amides is 1. The van der Waals surface area contributed by atoms with Crippen LogP contribution >= 0.6 is 11.3 Å². The van der Waals surface area contributed by atoms with Gasteiger partial charge in [-0.2, -0.15) is 0 Å². The molecule has 0 saturated heterocycles. The van der Waals surface area contributed by atoms with Crippen LogP contribution in [0.4, 0.5) is 5.13 Å². The Hall–Kier alpha value is -2.52. The molecule has 0 spiro atoms. The van der Waals surface area contributed by atoms with Gasteiger partial charge in [0.1, 0.15) is 6.61 Å². The number of esters is 2. The van der Waals surface area contributed by atoms with Crippen LogP contribution in [-0.4, -0.2) is 61.1 Å². The van der Waals surface area contributed by atoms with Crippen LogP contribution in [0.5, 0.6) is 0 Å². The monoisotopic (exact) mass is 379 g/mol. The van der Waals surface area contributed by atoms with Gasteiger partial charge in [0.2, 0.25) is 0 Å². The Morgan fingerprint density at radius 2 is 1.96 bits per heavy atom. The minimum Gasteiger partial charge on any atom is -0.462 e. The average Bonchev–Trinajstić information content (AvgIpc) is 3.05. The normalized spacial score (nSPS) is 10.8. The third-order valence-corrected chi connectivity index (χ3v) is 4.68. The van der Waals surface area contributed by atoms with E-state index in [0.29, 0.717) is 28.9 Å². The first-order valence-electron chi connectivity index (χ1n) is 8.17. The summed E-state index contributed by atoms with van der Waals surface area (Å²) in [5, 5.41) is 2.61. The van der Waals surface area contributed by atoms with Gasteiger partial charge < -0.3 is 14.4 Å². The lowest BCUT2D eigenvalue weighted by atomic mass is 10.2. The molecule has 0 atom stereocenters. The van der Waals surface area contributed by atoms with Crippen molar-refractivity contribution in [1.82, 2.24) is 9.88 Å². The first-order chi connectivity index (χ1) is 12.5. The molecule has 1 N–H and O–H groups in total. The number of nitrogens with one attached hydrogen (secondary N) is 1. The molecule has 0 saturated carbocycles. The molecule has 1 amide bonds. The molecule has 26 heavy (non-hydrogen) atoms. The lowest BCUT2D eigenvalue weighted by Crippen LogP contribution is -2.27. The van der Waals surface area contributed by atoms with Crippen molar-refractivity contribution in [3.05, 3.63) is 23.8 Å². The highest BCUT2D eigenvalue weighted by Crippen LogP contribution is 2.27. The van der Waals surface area contributed by atoms with Crippen LogP contribution < -0.4 is 5.32 Å². The van der Waals surface area contributed by atoms with Gasteiger partial charge in [-0.3, -0.25) is 10.1 Å². The standard InChI is InChI=1S/C17H21N3O5S/c1-4-20(5-2)8-9-25-15(22)11-6-7-12-13(10-11)26-17(18-12)19-14(21)16(23)24-3/h6-7,10H,4-5,8-9H2,1-3H3,(H,18,19,21). The fourth-order valence-corrected chi connectivity index (χ4v) is 3.14. The summed E-state index contributed by atoms with van der Waals surface area (Å²) in [5.74, 6) is -2.31. The number of thiazole rings is 1. The number of carbonyl (C=O) groups is 3. The van der Waals surface area contributed by atoms with E-state index in [9.17, 15) is 14.4 Å². The van der Waals surface area contributed by atoms with Crippen molar-refractivity contribution in [2.45, 2.75) is 13.8 Å². The molecule has 0 radical (unpaired) electrons. The van der Waals surface area contributed by atoms with Crippen molar-refractivity contribution in [3.8, 4) is 0 Å². The van der Waals surface area contributed by atoms with Gasteiger partial charge in [-0.15, -0.1) is 0 Å². The first kappa shape index (κ1) is 19.8. The quantitative estimate of drug-likeness (QED) is 0.579. The van der Waals surface area contributed by atoms with Crippen LogP contribution in [-0.2, 0) is 19.1 Å². The van der Waals surface area contributed by atoms with Gasteiger partial charge in [0.25, 0.3) is 0 Å². The second kappa shape index (κ2) is 9.25. The minimum absolute atomic E-state index is 0.252. The molecular weight excluding hydrogens is 358 g/mol. The number of methoxy groups -OCH3 is 1. The lowest BCUT2D eigenvalue weighted by Gasteiger charge is -2.17. The number of hydrogen-bond acceptors (Lipinski definition) is 8. The third kappa shape index (κ3) is 4.99. The molecule has 8 nitrogen and oxygen atoms in total. The minimum atomic E-state index is -0.998. The molecule has 0 unspecified atom stereocenters. The van der Waals surface area contributed by atoms with E-state index >= 15 is 0 Å². The molecule has 0 aliphatic carbocycles. The Morgan fingerprint density at radius 3 is 2.62 bits per heavy atom. The molecule has 2 aromatic rings. The number of fused-ring (bicyclic) bond motifs is 1. The van der Waals surface area contributed by atoms with Crippen LogP contribution in [0.15, 0.2) is 18.2 Å². The van der Waals surface area contributed by atoms with E-state index < -0.39 is 17.8 Å². The van der Waals surface area contributed by atoms with E-state index in [-0.39, 0.29) is 5.13 Å². The highest BCUT2D eigenvalue weighted by atomic mass is 32.1. The molecule has 0 fully saturated rings. The number of aromatic nitrogens is 1. The van der Waals surface area contributed by atoms with E-state index in [1.54, 1.807) is 18.2 Å². The highest BCUT2D eigenvalue weighted by Gasteiger charge is 2.17. The molecular formula is C17H21N3O5S. The van der Waals surface area contributed by atoms with Gasteiger partial charge in [-0.1, -0.05) is 25.2 Å². The predicted octanol–water partition coefficient (Wildman–Crippen LogP) is 1.91. The molecule has 0 aliphatic heterocycles. The zero-order chi connectivity index (χ0) is 19.1. The molecule has 2 rings (SSSR count). The third-order valence-electron chi connectivity index (χ3n) is 3.75. The zero-order valence-electron chi connectivity index (χ0n) is 14.9. The van der Waals surface area contributed by atoms with Gasteiger partial charge in [0, 0.05) is 6.54 Å². The van der Waals surface area contributed by atoms with E-state index in [1.165, 1.54) is 0 Å². The molecule has 0 bridgehead atoms. The number of ether oxygens (including phenoxy) is 2. The van der Waals surface area contributed by atoms with Crippen molar-refractivity contribution >= 4 is 44.5 Å². The SMILES string of the molecule is CCN(CC)CCOC(=O)c1ccc2nc(NC(=O)C(=O)OC)sc2c1. The van der Waals surface area contributed by atoms with Crippen LogP contribution in [0.1, 0.15) is 24.2 Å². The first-order valence-corrected chi connectivity index (χ1v) is 8.99. The van der Waals surface area contributed by atoms with E-state index in [0.717, 1.165) is 31.5 Å². The smallest absolute Gasteiger partial charge is 0.396 e. The van der Waals surface area contributed by atoms with Crippen LogP contribution in [0.3, 0.4) is 0 Å². The van der Waals surface area contributed by atoms with Gasteiger partial charge >= 0.3 is 17.8 Å². The van der Waals surface area contributed by atoms with Gasteiger partial charge in [-0.25, -0.2) is 14.6 Å². The van der Waals surface area contributed by atoms with Crippen molar-refractivity contribution < 1.29 is 23.9 Å². The van der Waals surface area contributed by atoms with Crippen molar-refractivity contribution in [1.29, 1.82) is 0 Å². The Kier molecular flexibility index (Phi) is 7.05. The Balaban J connectivity index is 2.03. The molecule has 1 aromatic heterocycles. The Labute approximate surface area is 155 Å². The molecule has 1 heterocycles. The van der Waals surface area contributed by atoms with Crippen molar-refractivity contribution in [3.63, 3.8) is 0 Å². The summed E-state index contributed by atoms with van der Waals surface area (Å²) >= 11 is 1.15. The summed E-state index contributed by atoms with van der Waals surface area (Å²) in [4.78, 5) is 41.2. The van der Waals surface area contributed by atoms with Gasteiger partial charge in [0.05, 0.1) is 22.9 Å². The van der Waals surface area contributed by atoms with E-state index in [1.807, 2.05) is 0 Å². The van der Waals surface area contributed by atoms with Crippen LogP contribution in [0.2, 0.25) is 0 Å². The molecule has 140 valence electrons. The number of hydrogen-bond donors (Lipinski definition) is 1. The summed E-state index contributed by atoms with van der Waals surface area (Å²) in [6.45, 7) is 6.92. The van der Waals surface area contributed by atoms with Crippen LogP contribution in [0.25, 0.3) is 10.2 Å². The number of likely N-dealkylation sites (N-methyl/N-ethyl adjacent to an activating group) is 1. The summed E-state index contributed by atoms with van der Waals surface area (Å²) in [5.41, 5.74) is 1.02. The summed E-state index contributed by atoms with van der Waals surface area (Å²) in [6.07, 6.45) is 0. The number of benzene rings is 1. The van der Waals surface area contributed by atoms with E-state index in [4.69, 9.17) is 4.74 Å². The maximum Gasteiger partial charge on any atom is 0.396 e.